The molecular formula is C26H27N5O2. The first-order valence-electron chi connectivity index (χ1n) is 10.6. The van der Waals surface area contributed by atoms with Gasteiger partial charge in [-0.3, -0.25) is 9.59 Å². The molecule has 168 valence electrons. The van der Waals surface area contributed by atoms with E-state index < -0.39 is 0 Å². The first-order chi connectivity index (χ1) is 15.7. The summed E-state index contributed by atoms with van der Waals surface area (Å²) in [5, 5.41) is 4.33. The van der Waals surface area contributed by atoms with Gasteiger partial charge in [-0.1, -0.05) is 12.1 Å². The van der Waals surface area contributed by atoms with Gasteiger partial charge in [-0.05, 0) is 42.5 Å². The molecule has 0 unspecified atom stereocenters. The molecule has 0 saturated carbocycles. The van der Waals surface area contributed by atoms with E-state index in [4.69, 9.17) is 0 Å². The monoisotopic (exact) mass is 441 g/mol. The second-order valence-corrected chi connectivity index (χ2v) is 8.25. The van der Waals surface area contributed by atoms with E-state index in [0.29, 0.717) is 11.4 Å². The Bertz CT molecular complexity index is 1340. The zero-order valence-corrected chi connectivity index (χ0v) is 19.5. The number of aromatic nitrogens is 2. The zero-order valence-electron chi connectivity index (χ0n) is 19.5. The number of benzene rings is 2. The number of carbonyl (C=O) groups excluding carboxylic acids is 2. The molecule has 7 nitrogen and oxygen atoms in total. The van der Waals surface area contributed by atoms with Crippen molar-refractivity contribution in [2.24, 2.45) is 7.05 Å². The van der Waals surface area contributed by atoms with Crippen LogP contribution in [0.4, 0.5) is 17.2 Å². The Morgan fingerprint density at radius 3 is 2.36 bits per heavy atom. The number of pyridine rings is 1. The zero-order chi connectivity index (χ0) is 23.7. The van der Waals surface area contributed by atoms with Crippen molar-refractivity contribution in [2.45, 2.75) is 6.92 Å². The minimum absolute atomic E-state index is 0.0109. The molecule has 0 bridgehead atoms. The molecule has 0 aliphatic rings. The standard InChI is InChI=1S/C26H27N5O2/c1-17(32)30(4)22-8-6-7-19(13-22)23-14-20-16-27-25(15-24(20)31(23)5)28-21-11-9-18(10-12-21)26(33)29(2)3/h6-16H,1-5H3,(H,27,28). The number of nitrogens with zero attached hydrogens (tertiary/aromatic N) is 4. The van der Waals surface area contributed by atoms with Crippen LogP contribution < -0.4 is 10.2 Å². The normalized spacial score (nSPS) is 10.8. The Morgan fingerprint density at radius 1 is 0.970 bits per heavy atom. The van der Waals surface area contributed by atoms with Crippen molar-refractivity contribution in [3.8, 4) is 11.3 Å². The summed E-state index contributed by atoms with van der Waals surface area (Å²) < 4.78 is 2.12. The van der Waals surface area contributed by atoms with Gasteiger partial charge in [0.05, 0.1) is 5.52 Å². The molecule has 2 aromatic carbocycles. The van der Waals surface area contributed by atoms with Crippen molar-refractivity contribution in [1.29, 1.82) is 0 Å². The number of hydrogen-bond acceptors (Lipinski definition) is 4. The Labute approximate surface area is 193 Å². The summed E-state index contributed by atoms with van der Waals surface area (Å²) in [5.74, 6) is 0.672. The van der Waals surface area contributed by atoms with Gasteiger partial charge in [0.15, 0.2) is 0 Å². The smallest absolute Gasteiger partial charge is 0.253 e. The quantitative estimate of drug-likeness (QED) is 0.489. The molecule has 0 spiro atoms. The predicted molar refractivity (Wildman–Crippen MR) is 133 cm³/mol. The summed E-state index contributed by atoms with van der Waals surface area (Å²) in [6, 6.07) is 19.4. The van der Waals surface area contributed by atoms with Gasteiger partial charge in [-0.15, -0.1) is 0 Å². The number of hydrogen-bond donors (Lipinski definition) is 1. The van der Waals surface area contributed by atoms with Crippen LogP contribution >= 0.6 is 0 Å². The maximum absolute atomic E-state index is 12.1. The number of anilines is 3. The fourth-order valence-corrected chi connectivity index (χ4v) is 3.73. The van der Waals surface area contributed by atoms with E-state index in [-0.39, 0.29) is 11.8 Å². The highest BCUT2D eigenvalue weighted by atomic mass is 16.2. The van der Waals surface area contributed by atoms with E-state index in [1.807, 2.05) is 55.7 Å². The molecule has 0 atom stereocenters. The number of fused-ring (bicyclic) bond motifs is 1. The van der Waals surface area contributed by atoms with E-state index >= 15 is 0 Å². The van der Waals surface area contributed by atoms with E-state index in [0.717, 1.165) is 33.5 Å². The van der Waals surface area contributed by atoms with Gasteiger partial charge in [0.1, 0.15) is 5.82 Å². The molecule has 7 heteroatoms. The molecule has 4 aromatic rings. The van der Waals surface area contributed by atoms with Crippen LogP contribution in [0, 0.1) is 0 Å². The summed E-state index contributed by atoms with van der Waals surface area (Å²) in [7, 11) is 7.26. The molecule has 0 aliphatic carbocycles. The summed E-state index contributed by atoms with van der Waals surface area (Å²) in [4.78, 5) is 31.6. The highest BCUT2D eigenvalue weighted by Gasteiger charge is 2.13. The van der Waals surface area contributed by atoms with E-state index in [2.05, 4.69) is 20.9 Å². The van der Waals surface area contributed by atoms with Crippen LogP contribution in [0.1, 0.15) is 17.3 Å². The van der Waals surface area contributed by atoms with Crippen LogP contribution in [-0.4, -0.2) is 47.4 Å². The van der Waals surface area contributed by atoms with Gasteiger partial charge in [0.25, 0.3) is 5.91 Å². The van der Waals surface area contributed by atoms with E-state index in [9.17, 15) is 9.59 Å². The maximum Gasteiger partial charge on any atom is 0.253 e. The fourth-order valence-electron chi connectivity index (χ4n) is 3.73. The molecule has 2 aromatic heterocycles. The molecule has 0 aliphatic heterocycles. The molecular weight excluding hydrogens is 414 g/mol. The van der Waals surface area contributed by atoms with E-state index in [1.54, 1.807) is 50.0 Å². The average molecular weight is 442 g/mol. The molecule has 1 N–H and O–H groups in total. The number of aryl methyl sites for hydroxylation is 1. The lowest BCUT2D eigenvalue weighted by molar-refractivity contribution is -0.116. The van der Waals surface area contributed by atoms with Gasteiger partial charge in [-0.25, -0.2) is 4.98 Å². The largest absolute Gasteiger partial charge is 0.345 e. The lowest BCUT2D eigenvalue weighted by Crippen LogP contribution is -2.22. The topological polar surface area (TPSA) is 70.5 Å². The number of carbonyl (C=O) groups is 2. The lowest BCUT2D eigenvalue weighted by Gasteiger charge is -2.16. The fraction of sp³-hybridized carbons (Fsp3) is 0.192. The molecule has 0 radical (unpaired) electrons. The summed E-state index contributed by atoms with van der Waals surface area (Å²) in [6.45, 7) is 1.55. The molecule has 2 amide bonds. The van der Waals surface area contributed by atoms with Crippen LogP contribution in [0.15, 0.2) is 66.9 Å². The highest BCUT2D eigenvalue weighted by Crippen LogP contribution is 2.30. The van der Waals surface area contributed by atoms with Gasteiger partial charge in [0, 0.05) is 81.0 Å². The molecule has 2 heterocycles. The number of amides is 2. The van der Waals surface area contributed by atoms with Crippen molar-refractivity contribution >= 4 is 39.9 Å². The Hall–Kier alpha value is -4.13. The highest BCUT2D eigenvalue weighted by molar-refractivity contribution is 5.94. The Balaban J connectivity index is 1.62. The lowest BCUT2D eigenvalue weighted by atomic mass is 10.1. The second kappa shape index (κ2) is 8.78. The van der Waals surface area contributed by atoms with Gasteiger partial charge in [-0.2, -0.15) is 0 Å². The first kappa shape index (κ1) is 22.1. The molecule has 0 fully saturated rings. The predicted octanol–water partition coefficient (Wildman–Crippen LogP) is 4.67. The van der Waals surface area contributed by atoms with Crippen LogP contribution in [0.2, 0.25) is 0 Å². The third-order valence-corrected chi connectivity index (χ3v) is 5.74. The van der Waals surface area contributed by atoms with Gasteiger partial charge < -0.3 is 19.7 Å². The van der Waals surface area contributed by atoms with Gasteiger partial charge in [0.2, 0.25) is 5.91 Å². The third kappa shape index (κ3) is 4.43. The van der Waals surface area contributed by atoms with Crippen LogP contribution in [0.25, 0.3) is 22.2 Å². The summed E-state index contributed by atoms with van der Waals surface area (Å²) in [6.07, 6.45) is 1.84. The molecule has 4 rings (SSSR count). The van der Waals surface area contributed by atoms with Crippen LogP contribution in [0.3, 0.4) is 0 Å². The third-order valence-electron chi connectivity index (χ3n) is 5.74. The van der Waals surface area contributed by atoms with Crippen molar-refractivity contribution in [3.63, 3.8) is 0 Å². The average Bonchev–Trinajstić information content (AvgIpc) is 3.14. The van der Waals surface area contributed by atoms with E-state index in [1.165, 1.54) is 0 Å². The first-order valence-corrected chi connectivity index (χ1v) is 10.6. The van der Waals surface area contributed by atoms with Crippen molar-refractivity contribution in [1.82, 2.24) is 14.5 Å². The van der Waals surface area contributed by atoms with Crippen LogP contribution in [0.5, 0.6) is 0 Å². The summed E-state index contributed by atoms with van der Waals surface area (Å²) >= 11 is 0. The van der Waals surface area contributed by atoms with Crippen molar-refractivity contribution < 1.29 is 9.59 Å². The Kier molecular flexibility index (Phi) is 5.87. The molecule has 33 heavy (non-hydrogen) atoms. The van der Waals surface area contributed by atoms with Crippen LogP contribution in [-0.2, 0) is 11.8 Å². The van der Waals surface area contributed by atoms with Crippen molar-refractivity contribution in [3.05, 3.63) is 72.4 Å². The van der Waals surface area contributed by atoms with Crippen molar-refractivity contribution in [2.75, 3.05) is 31.4 Å². The number of nitrogens with one attached hydrogen (secondary N) is 1. The Morgan fingerprint density at radius 2 is 1.70 bits per heavy atom. The maximum atomic E-state index is 12.1. The number of rotatable bonds is 5. The van der Waals surface area contributed by atoms with Gasteiger partial charge >= 0.3 is 0 Å². The molecule has 0 saturated heterocycles. The second-order valence-electron chi connectivity index (χ2n) is 8.25. The SMILES string of the molecule is CC(=O)N(C)c1cccc(-c2cc3cnc(Nc4ccc(C(=O)N(C)C)cc4)cc3n2C)c1. The summed E-state index contributed by atoms with van der Waals surface area (Å²) in [5.41, 5.74) is 5.43. The minimum Gasteiger partial charge on any atom is -0.345 e. The minimum atomic E-state index is -0.0315.